The van der Waals surface area contributed by atoms with Gasteiger partial charge in [-0.15, -0.1) is 0 Å². The Bertz CT molecular complexity index is 306. The van der Waals surface area contributed by atoms with Gasteiger partial charge in [0.1, 0.15) is 0 Å². The van der Waals surface area contributed by atoms with Crippen LogP contribution < -0.4 is 5.32 Å². The van der Waals surface area contributed by atoms with E-state index in [0.717, 1.165) is 10.2 Å². The lowest BCUT2D eigenvalue weighted by atomic mass is 10.3. The summed E-state index contributed by atoms with van der Waals surface area (Å²) in [6.07, 6.45) is 2.99. The monoisotopic (exact) mass is 262 g/mol. The van der Waals surface area contributed by atoms with E-state index in [9.17, 15) is 4.79 Å². The molecule has 0 aliphatic heterocycles. The van der Waals surface area contributed by atoms with Gasteiger partial charge in [0, 0.05) is 23.6 Å². The molecule has 0 atom stereocenters. The number of nitrogens with zero attached hydrogens (tertiary/aromatic N) is 1. The number of pyridine rings is 1. The topological polar surface area (TPSA) is 42.0 Å². The first-order valence-corrected chi connectivity index (χ1v) is 4.88. The Morgan fingerprint density at radius 1 is 1.69 bits per heavy atom. The minimum atomic E-state index is 0.553. The molecular formula is C8H8BrClN2O. The Labute approximate surface area is 89.6 Å². The summed E-state index contributed by atoms with van der Waals surface area (Å²) in [6, 6.07) is 1.78. The van der Waals surface area contributed by atoms with E-state index in [2.05, 4.69) is 26.2 Å². The second-order valence-corrected chi connectivity index (χ2v) is 3.73. The first-order chi connectivity index (χ1) is 6.24. The molecule has 0 radical (unpaired) electrons. The quantitative estimate of drug-likeness (QED) is 0.665. The fourth-order valence-corrected chi connectivity index (χ4v) is 1.60. The highest BCUT2D eigenvalue weighted by atomic mass is 79.9. The summed E-state index contributed by atoms with van der Waals surface area (Å²) in [5.74, 6) is 0. The van der Waals surface area contributed by atoms with Crippen molar-refractivity contribution in [2.75, 3.05) is 6.54 Å². The van der Waals surface area contributed by atoms with Crippen LogP contribution in [0.2, 0.25) is 5.02 Å². The highest BCUT2D eigenvalue weighted by Crippen LogP contribution is 2.18. The number of hydrogen-bond donors (Lipinski definition) is 1. The number of amides is 1. The van der Waals surface area contributed by atoms with Gasteiger partial charge in [-0.3, -0.25) is 9.78 Å². The number of carbonyl (C=O) groups excluding carboxylic acids is 1. The Morgan fingerprint density at radius 2 is 2.46 bits per heavy atom. The van der Waals surface area contributed by atoms with Crippen LogP contribution in [-0.2, 0) is 11.2 Å². The third-order valence-electron chi connectivity index (χ3n) is 1.47. The van der Waals surface area contributed by atoms with Crippen molar-refractivity contribution >= 4 is 33.9 Å². The van der Waals surface area contributed by atoms with Gasteiger partial charge in [0.2, 0.25) is 6.41 Å². The van der Waals surface area contributed by atoms with Gasteiger partial charge in [-0.1, -0.05) is 11.6 Å². The van der Waals surface area contributed by atoms with Gasteiger partial charge >= 0.3 is 0 Å². The molecule has 1 amide bonds. The third-order valence-corrected chi connectivity index (χ3v) is 2.23. The Kier molecular flexibility index (Phi) is 4.18. The zero-order chi connectivity index (χ0) is 9.68. The van der Waals surface area contributed by atoms with Gasteiger partial charge in [-0.2, -0.15) is 0 Å². The number of halogens is 2. The summed E-state index contributed by atoms with van der Waals surface area (Å²) in [4.78, 5) is 14.1. The summed E-state index contributed by atoms with van der Waals surface area (Å²) in [5.41, 5.74) is 0.791. The van der Waals surface area contributed by atoms with Crippen LogP contribution in [0, 0.1) is 0 Å². The summed E-state index contributed by atoms with van der Waals surface area (Å²) < 4.78 is 0.851. The van der Waals surface area contributed by atoms with E-state index in [1.165, 1.54) is 0 Å². The van der Waals surface area contributed by atoms with Gasteiger partial charge in [0.15, 0.2) is 0 Å². The van der Waals surface area contributed by atoms with Crippen LogP contribution in [0.15, 0.2) is 16.7 Å². The van der Waals surface area contributed by atoms with E-state index in [1.54, 1.807) is 12.3 Å². The molecule has 0 spiro atoms. The van der Waals surface area contributed by atoms with Crippen molar-refractivity contribution in [1.29, 1.82) is 0 Å². The number of rotatable bonds is 4. The van der Waals surface area contributed by atoms with Gasteiger partial charge in [-0.05, 0) is 22.0 Å². The average molecular weight is 264 g/mol. The zero-order valence-corrected chi connectivity index (χ0v) is 9.10. The van der Waals surface area contributed by atoms with Crippen molar-refractivity contribution in [3.8, 4) is 0 Å². The van der Waals surface area contributed by atoms with Crippen molar-refractivity contribution < 1.29 is 4.79 Å². The van der Waals surface area contributed by atoms with Crippen LogP contribution in [0.4, 0.5) is 0 Å². The summed E-state index contributed by atoms with van der Waals surface area (Å²) in [7, 11) is 0. The predicted octanol–water partition coefficient (Wildman–Crippen LogP) is 1.79. The predicted molar refractivity (Wildman–Crippen MR) is 54.7 cm³/mol. The smallest absolute Gasteiger partial charge is 0.207 e. The number of hydrogen-bond acceptors (Lipinski definition) is 2. The number of carbonyl (C=O) groups is 1. The molecule has 0 saturated heterocycles. The lowest BCUT2D eigenvalue weighted by molar-refractivity contribution is -0.109. The SMILES string of the molecule is O=CNCCc1ncc(Br)cc1Cl. The van der Waals surface area contributed by atoms with Gasteiger partial charge in [-0.25, -0.2) is 0 Å². The molecule has 0 unspecified atom stereocenters. The molecular weight excluding hydrogens is 255 g/mol. The van der Waals surface area contributed by atoms with E-state index in [0.29, 0.717) is 24.4 Å². The Balaban J connectivity index is 2.61. The molecule has 0 fully saturated rings. The highest BCUT2D eigenvalue weighted by Gasteiger charge is 2.01. The molecule has 0 saturated carbocycles. The number of aromatic nitrogens is 1. The van der Waals surface area contributed by atoms with Gasteiger partial charge < -0.3 is 5.32 Å². The maximum atomic E-state index is 9.96. The average Bonchev–Trinajstić information content (AvgIpc) is 2.09. The summed E-state index contributed by atoms with van der Waals surface area (Å²) >= 11 is 9.16. The summed E-state index contributed by atoms with van der Waals surface area (Å²) in [6.45, 7) is 0.553. The second-order valence-electron chi connectivity index (χ2n) is 2.40. The lowest BCUT2D eigenvalue weighted by Gasteiger charge is -2.02. The zero-order valence-electron chi connectivity index (χ0n) is 6.76. The Hall–Kier alpha value is -0.610. The lowest BCUT2D eigenvalue weighted by Crippen LogP contribution is -2.15. The molecule has 1 aromatic rings. The van der Waals surface area contributed by atoms with Crippen LogP contribution >= 0.6 is 27.5 Å². The van der Waals surface area contributed by atoms with E-state index in [1.807, 2.05) is 0 Å². The summed E-state index contributed by atoms with van der Waals surface area (Å²) in [5, 5.41) is 3.16. The van der Waals surface area contributed by atoms with Crippen LogP contribution in [0.1, 0.15) is 5.69 Å². The molecule has 1 aromatic heterocycles. The first kappa shape index (κ1) is 10.5. The molecule has 0 aromatic carbocycles. The fraction of sp³-hybridized carbons (Fsp3) is 0.250. The Morgan fingerprint density at radius 3 is 3.08 bits per heavy atom. The minimum Gasteiger partial charge on any atom is -0.358 e. The van der Waals surface area contributed by atoms with Crippen molar-refractivity contribution in [3.05, 3.63) is 27.5 Å². The largest absolute Gasteiger partial charge is 0.358 e. The second kappa shape index (κ2) is 5.19. The van der Waals surface area contributed by atoms with Gasteiger partial charge in [0.05, 0.1) is 10.7 Å². The van der Waals surface area contributed by atoms with Crippen molar-refractivity contribution in [2.45, 2.75) is 6.42 Å². The molecule has 0 aliphatic rings. The van der Waals surface area contributed by atoms with Crippen LogP contribution in [0.25, 0.3) is 0 Å². The third kappa shape index (κ3) is 3.32. The van der Waals surface area contributed by atoms with Crippen molar-refractivity contribution in [2.24, 2.45) is 0 Å². The van der Waals surface area contributed by atoms with Crippen LogP contribution in [0.3, 0.4) is 0 Å². The maximum absolute atomic E-state index is 9.96. The molecule has 0 aliphatic carbocycles. The van der Waals surface area contributed by atoms with E-state index >= 15 is 0 Å². The normalized spacial score (nSPS) is 9.69. The van der Waals surface area contributed by atoms with E-state index < -0.39 is 0 Å². The molecule has 5 heteroatoms. The molecule has 70 valence electrons. The number of nitrogens with one attached hydrogen (secondary N) is 1. The van der Waals surface area contributed by atoms with Crippen molar-refractivity contribution in [1.82, 2.24) is 10.3 Å². The van der Waals surface area contributed by atoms with Crippen molar-refractivity contribution in [3.63, 3.8) is 0 Å². The maximum Gasteiger partial charge on any atom is 0.207 e. The van der Waals surface area contributed by atoms with Gasteiger partial charge in [0.25, 0.3) is 0 Å². The molecule has 13 heavy (non-hydrogen) atoms. The fourth-order valence-electron chi connectivity index (χ4n) is 0.876. The van der Waals surface area contributed by atoms with Crippen LogP contribution in [-0.4, -0.2) is 17.9 Å². The molecule has 1 rings (SSSR count). The first-order valence-electron chi connectivity index (χ1n) is 3.71. The molecule has 1 N–H and O–H groups in total. The highest BCUT2D eigenvalue weighted by molar-refractivity contribution is 9.10. The van der Waals surface area contributed by atoms with E-state index in [4.69, 9.17) is 11.6 Å². The molecule has 1 heterocycles. The standard InChI is InChI=1S/C8H8BrClN2O/c9-6-3-7(10)8(12-4-6)1-2-11-5-13/h3-5H,1-2H2,(H,11,13). The minimum absolute atomic E-state index is 0.553. The van der Waals surface area contributed by atoms with E-state index in [-0.39, 0.29) is 0 Å². The molecule has 0 bridgehead atoms. The molecule has 3 nitrogen and oxygen atoms in total. The van der Waals surface area contributed by atoms with Crippen LogP contribution in [0.5, 0.6) is 0 Å².